The van der Waals surface area contributed by atoms with Crippen LogP contribution in [0.15, 0.2) is 41.2 Å². The molecule has 3 aliphatic rings. The highest BCUT2D eigenvalue weighted by atomic mass is 16.7. The Morgan fingerprint density at radius 1 is 0.905 bits per heavy atom. The number of amides is 1. The lowest BCUT2D eigenvalue weighted by atomic mass is 9.78. The summed E-state index contributed by atoms with van der Waals surface area (Å²) in [5.74, 6) is -8.30. The van der Waals surface area contributed by atoms with E-state index < -0.39 is 88.8 Å². The first-order chi connectivity index (χ1) is 29.8. The monoisotopic (exact) mass is 879 g/mol. The number of esters is 1. The number of aliphatic hydroxyl groups excluding tert-OH is 2. The molecule has 5 bridgehead atoms. The summed E-state index contributed by atoms with van der Waals surface area (Å²) in [7, 11) is 1.44. The van der Waals surface area contributed by atoms with E-state index >= 15 is 0 Å². The number of nitrogens with zero attached hydrogens (tertiary/aromatic N) is 2. The number of carbonyl (C=O) groups is 3. The second-order valence-corrected chi connectivity index (χ2v) is 17.2. The van der Waals surface area contributed by atoms with Crippen LogP contribution in [0.3, 0.4) is 0 Å². The highest BCUT2D eigenvalue weighted by Gasteiger charge is 2.50. The van der Waals surface area contributed by atoms with Gasteiger partial charge < -0.3 is 49.8 Å². The Bertz CT molecular complexity index is 2090. The van der Waals surface area contributed by atoms with Gasteiger partial charge in [0.1, 0.15) is 23.4 Å². The predicted octanol–water partition coefficient (Wildman–Crippen LogP) is 7.77. The van der Waals surface area contributed by atoms with Crippen LogP contribution in [-0.4, -0.2) is 105 Å². The van der Waals surface area contributed by atoms with Crippen molar-refractivity contribution < 1.29 is 58.9 Å². The largest absolute Gasteiger partial charge is 0.507 e. The standard InChI is InChI=1S/C48H69N3O12/c1-12-14-16-22-51(23-17-15-13-2)49-25-33-38-43(57)36-35(42(33)56)37-45(31(8)41(36)55)63-48(10,46(37)58)61-24-21-34(60-11)28(5)44(62-32(9)52)30(7)40(54)29(6)39(53)26(3)19-18-20-27(4)47(59)50-38/h18-21,24-26,28-30,34,39-40,44,53-57H,12-17,22-23H2,1-11H3,(H,50,59)/t26-,28-,29+,30+,34-,39-,40+,44-,48-/m0/s1. The summed E-state index contributed by atoms with van der Waals surface area (Å²) in [4.78, 5) is 40.8. The first-order valence-electron chi connectivity index (χ1n) is 22.1. The number of aliphatic hydroxyl groups is 2. The van der Waals surface area contributed by atoms with Crippen LogP contribution in [0.4, 0.5) is 5.69 Å². The summed E-state index contributed by atoms with van der Waals surface area (Å²) in [6, 6.07) is 0. The van der Waals surface area contributed by atoms with Gasteiger partial charge in [0.05, 0.1) is 53.0 Å². The highest BCUT2D eigenvalue weighted by Crippen LogP contribution is 2.55. The molecule has 15 nitrogen and oxygen atoms in total. The summed E-state index contributed by atoms with van der Waals surface area (Å²) in [5, 5.41) is 67.7. The molecule has 348 valence electrons. The van der Waals surface area contributed by atoms with E-state index in [1.807, 2.05) is 5.01 Å². The molecule has 0 fully saturated rings. The van der Waals surface area contributed by atoms with E-state index in [4.69, 9.17) is 24.0 Å². The van der Waals surface area contributed by atoms with Gasteiger partial charge in [0.2, 0.25) is 0 Å². The number of methoxy groups -OCH3 is 1. The number of rotatable bonds is 12. The third kappa shape index (κ3) is 11.2. The van der Waals surface area contributed by atoms with E-state index in [0.29, 0.717) is 13.1 Å². The van der Waals surface area contributed by atoms with Crippen molar-refractivity contribution in [1.82, 2.24) is 5.01 Å². The maximum Gasteiger partial charge on any atom is 0.312 e. The third-order valence-electron chi connectivity index (χ3n) is 12.4. The molecule has 3 aliphatic heterocycles. The normalized spacial score (nSPS) is 27.1. The first kappa shape index (κ1) is 50.5. The number of allylic oxidation sites excluding steroid dienone is 2. The average molecular weight is 880 g/mol. The quantitative estimate of drug-likeness (QED) is 0.0300. The number of Topliss-reactive ketones (excluding diaryl/α,β-unsaturated/α-hetero) is 1. The Morgan fingerprint density at radius 3 is 2.13 bits per heavy atom. The van der Waals surface area contributed by atoms with Crippen LogP contribution < -0.4 is 10.1 Å². The number of ketones is 1. The van der Waals surface area contributed by atoms with Crippen molar-refractivity contribution >= 4 is 40.3 Å². The molecular weight excluding hydrogens is 811 g/mol. The molecule has 0 saturated heterocycles. The zero-order valence-electron chi connectivity index (χ0n) is 38.7. The van der Waals surface area contributed by atoms with Gasteiger partial charge in [0.25, 0.3) is 11.7 Å². The molecule has 0 saturated carbocycles. The minimum Gasteiger partial charge on any atom is -0.507 e. The lowest BCUT2D eigenvalue weighted by Crippen LogP contribution is -2.46. The number of hydrogen-bond acceptors (Lipinski definition) is 14. The lowest BCUT2D eigenvalue weighted by Gasteiger charge is -2.38. The predicted molar refractivity (Wildman–Crippen MR) is 242 cm³/mol. The van der Waals surface area contributed by atoms with Gasteiger partial charge in [-0.2, -0.15) is 5.10 Å². The van der Waals surface area contributed by atoms with Gasteiger partial charge in [-0.05, 0) is 32.8 Å². The topological polar surface area (TPSA) is 217 Å². The SMILES string of the molecule is CCCCCN(CCCCC)N=Cc1c2c(O)c3c(O)c(C)c4c(c3c1O)C(=O)[C@@](C)(OC=C[C@H](OC)[C@H](C)[C@H](OC(C)=O)[C@H](C)[C@H](O)[C@H](C)[C@@H](O)[C@@H](C)C=CC=C(C)C(=O)N2)O4. The average Bonchev–Trinajstić information content (AvgIpc) is 3.51. The molecule has 63 heavy (non-hydrogen) atoms. The molecule has 3 heterocycles. The first-order valence-corrected chi connectivity index (χ1v) is 22.1. The van der Waals surface area contributed by atoms with Crippen LogP contribution in [0.25, 0.3) is 10.8 Å². The number of fused-ring (bicyclic) bond motifs is 14. The minimum absolute atomic E-state index is 0.0611. The van der Waals surface area contributed by atoms with Crippen LogP contribution in [0.2, 0.25) is 0 Å². The van der Waals surface area contributed by atoms with E-state index in [1.165, 1.54) is 59.4 Å². The minimum atomic E-state index is -2.05. The number of hydrazone groups is 1. The maximum absolute atomic E-state index is 14.6. The number of nitrogens with one attached hydrogen (secondary N) is 1. The molecule has 6 N–H and O–H groups in total. The summed E-state index contributed by atoms with van der Waals surface area (Å²) < 4.78 is 23.7. The smallest absolute Gasteiger partial charge is 0.312 e. The summed E-state index contributed by atoms with van der Waals surface area (Å²) in [6.45, 7) is 18.0. The summed E-state index contributed by atoms with van der Waals surface area (Å²) in [5.41, 5.74) is -0.303. The van der Waals surface area contributed by atoms with Crippen molar-refractivity contribution in [2.24, 2.45) is 28.8 Å². The molecule has 15 heteroatoms. The van der Waals surface area contributed by atoms with E-state index in [2.05, 4.69) is 19.2 Å². The fourth-order valence-corrected chi connectivity index (χ4v) is 8.33. The fraction of sp³-hybridized carbons (Fsp3) is 0.583. The van der Waals surface area contributed by atoms with Gasteiger partial charge in [-0.1, -0.05) is 85.5 Å². The van der Waals surface area contributed by atoms with Crippen LogP contribution >= 0.6 is 0 Å². The second kappa shape index (κ2) is 22.0. The van der Waals surface area contributed by atoms with E-state index in [1.54, 1.807) is 39.8 Å². The molecule has 5 rings (SSSR count). The van der Waals surface area contributed by atoms with Gasteiger partial charge in [-0.15, -0.1) is 0 Å². The molecule has 9 atom stereocenters. The van der Waals surface area contributed by atoms with Crippen molar-refractivity contribution in [2.45, 2.75) is 138 Å². The molecule has 2 aromatic carbocycles. The number of hydrogen-bond donors (Lipinski definition) is 6. The molecule has 0 unspecified atom stereocenters. The van der Waals surface area contributed by atoms with Crippen molar-refractivity contribution in [3.05, 3.63) is 52.8 Å². The lowest BCUT2D eigenvalue weighted by molar-refractivity contribution is -0.160. The number of aromatic hydroxyl groups is 3. The van der Waals surface area contributed by atoms with Gasteiger partial charge in [0, 0.05) is 74.2 Å². The van der Waals surface area contributed by atoms with E-state index in [-0.39, 0.29) is 44.5 Å². The Kier molecular flexibility index (Phi) is 17.6. The van der Waals surface area contributed by atoms with Gasteiger partial charge in [0.15, 0.2) is 5.75 Å². The highest BCUT2D eigenvalue weighted by molar-refractivity contribution is 6.23. The Labute approximate surface area is 371 Å². The van der Waals surface area contributed by atoms with Crippen LogP contribution in [0.1, 0.15) is 122 Å². The fourth-order valence-electron chi connectivity index (χ4n) is 8.33. The van der Waals surface area contributed by atoms with Crippen molar-refractivity contribution in [1.29, 1.82) is 0 Å². The van der Waals surface area contributed by atoms with Crippen LogP contribution in [0.5, 0.6) is 23.0 Å². The Morgan fingerprint density at radius 2 is 1.54 bits per heavy atom. The number of phenolic OH excluding ortho intramolecular Hbond substituents is 3. The number of unbranched alkanes of at least 4 members (excludes halogenated alkanes) is 4. The maximum atomic E-state index is 14.6. The molecule has 2 aromatic rings. The summed E-state index contributed by atoms with van der Waals surface area (Å²) >= 11 is 0. The molecule has 0 radical (unpaired) electrons. The van der Waals surface area contributed by atoms with E-state index in [9.17, 15) is 39.9 Å². The number of carbonyl (C=O) groups excluding carboxylic acids is 3. The molecular formula is C48H69N3O12. The molecule has 0 spiro atoms. The third-order valence-corrected chi connectivity index (χ3v) is 12.4. The molecule has 0 aromatic heterocycles. The zero-order chi connectivity index (χ0) is 46.9. The number of phenols is 3. The van der Waals surface area contributed by atoms with Gasteiger partial charge >= 0.3 is 11.8 Å². The van der Waals surface area contributed by atoms with Crippen LogP contribution in [0, 0.1) is 30.6 Å². The number of anilines is 1. The molecule has 1 amide bonds. The second-order valence-electron chi connectivity index (χ2n) is 17.2. The van der Waals surface area contributed by atoms with Gasteiger partial charge in [-0.3, -0.25) is 19.4 Å². The van der Waals surface area contributed by atoms with Crippen LogP contribution in [-0.2, 0) is 23.8 Å². The van der Waals surface area contributed by atoms with E-state index in [0.717, 1.165) is 38.5 Å². The Hall–Kier alpha value is -5.12. The number of benzene rings is 2. The van der Waals surface area contributed by atoms with Crippen molar-refractivity contribution in [3.8, 4) is 23.0 Å². The van der Waals surface area contributed by atoms with Crippen molar-refractivity contribution in [2.75, 3.05) is 25.5 Å². The summed E-state index contributed by atoms with van der Waals surface area (Å²) in [6.07, 6.45) is 10.6. The Balaban J connectivity index is 1.99. The zero-order valence-corrected chi connectivity index (χ0v) is 38.7. The van der Waals surface area contributed by atoms with Gasteiger partial charge in [-0.25, -0.2) is 0 Å². The molecule has 0 aliphatic carbocycles. The van der Waals surface area contributed by atoms with Crippen molar-refractivity contribution in [3.63, 3.8) is 0 Å². The number of ether oxygens (including phenoxy) is 4.